The van der Waals surface area contributed by atoms with Gasteiger partial charge in [0.25, 0.3) is 0 Å². The van der Waals surface area contributed by atoms with E-state index in [1.54, 1.807) is 6.20 Å². The minimum absolute atomic E-state index is 0.168. The summed E-state index contributed by atoms with van der Waals surface area (Å²) < 4.78 is 0. The maximum atomic E-state index is 12.5. The molecule has 1 amide bonds. The van der Waals surface area contributed by atoms with Crippen LogP contribution in [-0.2, 0) is 10.3 Å². The number of carbonyl (C=O) groups excluding carboxylic acids is 1. The molecule has 100 valence electrons. The second kappa shape index (κ2) is 3.57. The van der Waals surface area contributed by atoms with Gasteiger partial charge in [0, 0.05) is 18.7 Å². The summed E-state index contributed by atoms with van der Waals surface area (Å²) in [6.45, 7) is 4.19. The zero-order chi connectivity index (χ0) is 13.1. The van der Waals surface area contributed by atoms with Crippen LogP contribution in [0.2, 0.25) is 0 Å². The molecule has 0 spiro atoms. The summed E-state index contributed by atoms with van der Waals surface area (Å²) in [5.74, 6) is 0.971. The number of amides is 1. The molecule has 2 N–H and O–H groups in total. The van der Waals surface area contributed by atoms with Crippen molar-refractivity contribution in [2.75, 3.05) is 13.1 Å². The van der Waals surface area contributed by atoms with Gasteiger partial charge in [-0.1, -0.05) is 13.0 Å². The van der Waals surface area contributed by atoms with Crippen molar-refractivity contribution in [1.82, 2.24) is 15.6 Å². The van der Waals surface area contributed by atoms with Crippen molar-refractivity contribution in [1.29, 1.82) is 0 Å². The summed E-state index contributed by atoms with van der Waals surface area (Å²) in [5.41, 5.74) is 1.04. The highest BCUT2D eigenvalue weighted by Gasteiger charge is 2.67. The number of piperidine rings is 1. The maximum absolute atomic E-state index is 12.5. The molecule has 0 bridgehead atoms. The first kappa shape index (κ1) is 11.4. The Morgan fingerprint density at radius 1 is 1.47 bits per heavy atom. The Morgan fingerprint density at radius 2 is 2.32 bits per heavy atom. The molecular weight excluding hydrogens is 238 g/mol. The van der Waals surface area contributed by atoms with E-state index in [-0.39, 0.29) is 22.8 Å². The highest BCUT2D eigenvalue weighted by molar-refractivity contribution is 5.84. The minimum atomic E-state index is -0.168. The van der Waals surface area contributed by atoms with Gasteiger partial charge in [-0.2, -0.15) is 0 Å². The molecule has 1 saturated heterocycles. The largest absolute Gasteiger partial charge is 0.345 e. The summed E-state index contributed by atoms with van der Waals surface area (Å²) in [4.78, 5) is 16.9. The summed E-state index contributed by atoms with van der Waals surface area (Å²) in [6.07, 6.45) is 3.84. The van der Waals surface area contributed by atoms with Crippen molar-refractivity contribution in [3.8, 4) is 0 Å². The lowest BCUT2D eigenvalue weighted by molar-refractivity contribution is -0.124. The van der Waals surface area contributed by atoms with Gasteiger partial charge in [0.1, 0.15) is 0 Å². The van der Waals surface area contributed by atoms with Gasteiger partial charge >= 0.3 is 0 Å². The Labute approximate surface area is 113 Å². The fraction of sp³-hybridized carbons (Fsp3) is 0.600. The molecule has 2 saturated carbocycles. The average molecular weight is 257 g/mol. The van der Waals surface area contributed by atoms with Crippen molar-refractivity contribution in [2.45, 2.75) is 25.3 Å². The van der Waals surface area contributed by atoms with E-state index >= 15 is 0 Å². The van der Waals surface area contributed by atoms with E-state index in [0.717, 1.165) is 31.6 Å². The summed E-state index contributed by atoms with van der Waals surface area (Å²) in [7, 11) is 0. The molecule has 19 heavy (non-hydrogen) atoms. The minimum Gasteiger partial charge on any atom is -0.345 e. The van der Waals surface area contributed by atoms with E-state index in [0.29, 0.717) is 5.92 Å². The quantitative estimate of drug-likeness (QED) is 0.851. The van der Waals surface area contributed by atoms with E-state index in [2.05, 4.69) is 22.5 Å². The van der Waals surface area contributed by atoms with Gasteiger partial charge in [-0.3, -0.25) is 9.78 Å². The number of carbonyl (C=O) groups is 1. The standard InChI is InChI=1S/C15H19N3O/c1-14-9-16-8-10(14)12(14)13(19)18-15(5-6-15)11-4-2-3-7-17-11/h2-4,7,10,12,16H,5-6,8-9H2,1H3,(H,18,19). The number of rotatable bonds is 3. The monoisotopic (exact) mass is 257 g/mol. The maximum Gasteiger partial charge on any atom is 0.224 e. The smallest absolute Gasteiger partial charge is 0.224 e. The van der Waals surface area contributed by atoms with Gasteiger partial charge in [0.15, 0.2) is 0 Å². The van der Waals surface area contributed by atoms with Crippen LogP contribution in [0, 0.1) is 17.3 Å². The van der Waals surface area contributed by atoms with Gasteiger partial charge in [-0.15, -0.1) is 0 Å². The normalized spacial score (nSPS) is 37.5. The third-order valence-corrected chi connectivity index (χ3v) is 5.27. The number of fused-ring (bicyclic) bond motifs is 1. The third kappa shape index (κ3) is 1.56. The Morgan fingerprint density at radius 3 is 2.89 bits per heavy atom. The molecule has 4 heteroatoms. The molecule has 4 rings (SSSR count). The fourth-order valence-corrected chi connectivity index (χ4v) is 3.76. The van der Waals surface area contributed by atoms with Gasteiger partial charge in [-0.25, -0.2) is 0 Å². The van der Waals surface area contributed by atoms with Crippen LogP contribution < -0.4 is 10.6 Å². The van der Waals surface area contributed by atoms with E-state index < -0.39 is 0 Å². The van der Waals surface area contributed by atoms with Crippen molar-refractivity contribution < 1.29 is 4.79 Å². The van der Waals surface area contributed by atoms with Crippen LogP contribution >= 0.6 is 0 Å². The van der Waals surface area contributed by atoms with Crippen molar-refractivity contribution in [2.24, 2.45) is 17.3 Å². The van der Waals surface area contributed by atoms with Crippen molar-refractivity contribution in [3.05, 3.63) is 30.1 Å². The topological polar surface area (TPSA) is 54.0 Å². The molecule has 3 atom stereocenters. The first-order chi connectivity index (χ1) is 9.16. The van der Waals surface area contributed by atoms with Crippen LogP contribution in [0.15, 0.2) is 24.4 Å². The van der Waals surface area contributed by atoms with Crippen LogP contribution in [0.3, 0.4) is 0 Å². The molecule has 1 aromatic rings. The molecule has 2 heterocycles. The number of pyridine rings is 1. The number of hydrogen-bond acceptors (Lipinski definition) is 3. The Hall–Kier alpha value is -1.42. The number of aromatic nitrogens is 1. The van der Waals surface area contributed by atoms with Crippen LogP contribution in [0.5, 0.6) is 0 Å². The first-order valence-electron chi connectivity index (χ1n) is 7.10. The van der Waals surface area contributed by atoms with Gasteiger partial charge < -0.3 is 10.6 Å². The molecule has 0 radical (unpaired) electrons. The predicted molar refractivity (Wildman–Crippen MR) is 71.2 cm³/mol. The van der Waals surface area contributed by atoms with E-state index in [4.69, 9.17) is 0 Å². The molecule has 3 unspecified atom stereocenters. The number of hydrogen-bond donors (Lipinski definition) is 2. The molecule has 0 aromatic carbocycles. The SMILES string of the molecule is CC12CNCC1C2C(=O)NC1(c2ccccn2)CC1. The third-order valence-electron chi connectivity index (χ3n) is 5.27. The zero-order valence-electron chi connectivity index (χ0n) is 11.1. The van der Waals surface area contributed by atoms with Crippen molar-refractivity contribution in [3.63, 3.8) is 0 Å². The Kier molecular flexibility index (Phi) is 2.14. The van der Waals surface area contributed by atoms with Crippen LogP contribution in [0.1, 0.15) is 25.5 Å². The molecular formula is C15H19N3O. The highest BCUT2D eigenvalue weighted by Crippen LogP contribution is 2.61. The molecule has 1 aliphatic heterocycles. The molecule has 3 fully saturated rings. The highest BCUT2D eigenvalue weighted by atomic mass is 16.2. The molecule has 1 aromatic heterocycles. The molecule has 2 aliphatic carbocycles. The molecule has 4 nitrogen and oxygen atoms in total. The van der Waals surface area contributed by atoms with Gasteiger partial charge in [0.05, 0.1) is 11.2 Å². The fourth-order valence-electron chi connectivity index (χ4n) is 3.76. The second-order valence-corrected chi connectivity index (χ2v) is 6.51. The Balaban J connectivity index is 1.50. The van der Waals surface area contributed by atoms with E-state index in [1.165, 1.54) is 0 Å². The molecule has 3 aliphatic rings. The lowest BCUT2D eigenvalue weighted by atomic mass is 10.1. The van der Waals surface area contributed by atoms with E-state index in [9.17, 15) is 4.79 Å². The summed E-state index contributed by atoms with van der Waals surface area (Å²) in [5, 5.41) is 6.64. The van der Waals surface area contributed by atoms with Gasteiger partial charge in [-0.05, 0) is 42.9 Å². The van der Waals surface area contributed by atoms with E-state index in [1.807, 2.05) is 18.2 Å². The first-order valence-corrected chi connectivity index (χ1v) is 7.10. The summed E-state index contributed by atoms with van der Waals surface area (Å²) in [6, 6.07) is 5.93. The van der Waals surface area contributed by atoms with Crippen LogP contribution in [0.25, 0.3) is 0 Å². The predicted octanol–water partition coefficient (Wildman–Crippen LogP) is 1.04. The Bertz CT molecular complexity index is 525. The second-order valence-electron chi connectivity index (χ2n) is 6.51. The van der Waals surface area contributed by atoms with Crippen LogP contribution in [0.4, 0.5) is 0 Å². The average Bonchev–Trinajstić information content (AvgIpc) is 3.27. The summed E-state index contributed by atoms with van der Waals surface area (Å²) >= 11 is 0. The zero-order valence-corrected chi connectivity index (χ0v) is 11.1. The lowest BCUT2D eigenvalue weighted by Crippen LogP contribution is -2.39. The van der Waals surface area contributed by atoms with Gasteiger partial charge in [0.2, 0.25) is 5.91 Å². The lowest BCUT2D eigenvalue weighted by Gasteiger charge is -2.18. The van der Waals surface area contributed by atoms with Crippen LogP contribution in [-0.4, -0.2) is 24.0 Å². The number of nitrogens with one attached hydrogen (secondary N) is 2. The van der Waals surface area contributed by atoms with Crippen molar-refractivity contribution >= 4 is 5.91 Å². The number of nitrogens with zero attached hydrogens (tertiary/aromatic N) is 1.